The average Bonchev–Trinajstić information content (AvgIpc) is 2.73. The van der Waals surface area contributed by atoms with Crippen LogP contribution in [0.15, 0.2) is 36.4 Å². The van der Waals surface area contributed by atoms with Crippen LogP contribution >= 0.6 is 0 Å². The van der Waals surface area contributed by atoms with E-state index in [1.54, 1.807) is 0 Å². The quantitative estimate of drug-likeness (QED) is 0.338. The lowest BCUT2D eigenvalue weighted by Crippen LogP contribution is -2.54. The molecule has 11 heteroatoms. The van der Waals surface area contributed by atoms with Gasteiger partial charge in [0.2, 0.25) is 5.78 Å². The molecule has 0 bridgehead atoms. The molecule has 1 heterocycles. The van der Waals surface area contributed by atoms with Gasteiger partial charge in [-0.2, -0.15) is 0 Å². The summed E-state index contributed by atoms with van der Waals surface area (Å²) in [5, 5.41) is 0. The molecule has 0 unspecified atom stereocenters. The number of fused-ring (bicyclic) bond motifs is 1. The van der Waals surface area contributed by atoms with Crippen LogP contribution in [-0.2, 0) is 28.7 Å². The fourth-order valence-corrected chi connectivity index (χ4v) is 3.59. The lowest BCUT2D eigenvalue weighted by atomic mass is 9.89. The first-order valence-electron chi connectivity index (χ1n) is 10.3. The van der Waals surface area contributed by atoms with Crippen molar-refractivity contribution in [2.75, 3.05) is 7.11 Å². The van der Waals surface area contributed by atoms with Gasteiger partial charge in [0.15, 0.2) is 6.10 Å². The number of Topliss-reactive ketones (excluding diaryl/α,β-unsaturated/α-hetero) is 1. The molecule has 1 aliphatic rings. The van der Waals surface area contributed by atoms with Crippen molar-refractivity contribution >= 4 is 29.7 Å². The number of hydrogen-bond acceptors (Lipinski definition) is 11. The van der Waals surface area contributed by atoms with E-state index in [1.807, 2.05) is 0 Å². The molecule has 35 heavy (non-hydrogen) atoms. The molecule has 0 fully saturated rings. The number of hydrogen-bond donors (Lipinski definition) is 0. The molecule has 184 valence electrons. The van der Waals surface area contributed by atoms with Crippen molar-refractivity contribution in [3.63, 3.8) is 0 Å². The molecule has 0 amide bonds. The van der Waals surface area contributed by atoms with Crippen molar-refractivity contribution in [3.8, 4) is 23.0 Å². The van der Waals surface area contributed by atoms with E-state index in [9.17, 15) is 24.0 Å². The van der Waals surface area contributed by atoms with Gasteiger partial charge in [-0.3, -0.25) is 24.0 Å². The van der Waals surface area contributed by atoms with Crippen molar-refractivity contribution in [1.29, 1.82) is 0 Å². The molecule has 0 saturated heterocycles. The molecule has 0 spiro atoms. The fourth-order valence-electron chi connectivity index (χ4n) is 3.59. The molecule has 0 radical (unpaired) electrons. The number of benzene rings is 2. The van der Waals surface area contributed by atoms with Crippen molar-refractivity contribution in [3.05, 3.63) is 47.5 Å². The minimum Gasteiger partial charge on any atom is -0.477 e. The molecule has 2 atom stereocenters. The highest BCUT2D eigenvalue weighted by atomic mass is 16.7. The van der Waals surface area contributed by atoms with E-state index in [0.29, 0.717) is 0 Å². The maximum atomic E-state index is 13.8. The summed E-state index contributed by atoms with van der Waals surface area (Å²) in [6.45, 7) is 4.57. The summed E-state index contributed by atoms with van der Waals surface area (Å²) < 4.78 is 32.2. The zero-order valence-electron chi connectivity index (χ0n) is 19.5. The third-order valence-corrected chi connectivity index (χ3v) is 4.71. The molecule has 11 nitrogen and oxygen atoms in total. The van der Waals surface area contributed by atoms with E-state index in [4.69, 9.17) is 28.4 Å². The van der Waals surface area contributed by atoms with Crippen LogP contribution in [0.4, 0.5) is 0 Å². The summed E-state index contributed by atoms with van der Waals surface area (Å²) in [5.74, 6) is -6.48. The molecule has 0 aromatic heterocycles. The van der Waals surface area contributed by atoms with E-state index in [1.165, 1.54) is 37.3 Å². The van der Waals surface area contributed by atoms with Crippen LogP contribution in [0.1, 0.15) is 49.7 Å². The Balaban J connectivity index is 2.26. The monoisotopic (exact) mass is 486 g/mol. The summed E-state index contributed by atoms with van der Waals surface area (Å²) in [6, 6.07) is 8.38. The standard InChI is InChI=1S/C24H22O11/c1-12(25)31-17-8-6-7-16(9-17)23-24(30-5,35-15(4)28)22(29)21-19(33-14(3)27)10-18(32-13(2)26)11-20(21)34-23/h6-11,23H,1-5H3/t23-,24+/m0/s1. The Morgan fingerprint density at radius 2 is 1.46 bits per heavy atom. The Morgan fingerprint density at radius 3 is 2.03 bits per heavy atom. The first-order valence-corrected chi connectivity index (χ1v) is 10.3. The van der Waals surface area contributed by atoms with Gasteiger partial charge < -0.3 is 28.4 Å². The van der Waals surface area contributed by atoms with E-state index < -0.39 is 41.6 Å². The average molecular weight is 486 g/mol. The van der Waals surface area contributed by atoms with Crippen molar-refractivity contribution in [1.82, 2.24) is 0 Å². The molecule has 0 N–H and O–H groups in total. The maximum Gasteiger partial charge on any atom is 0.319 e. The second kappa shape index (κ2) is 9.94. The number of ketones is 1. The lowest BCUT2D eigenvalue weighted by molar-refractivity contribution is -0.231. The molecule has 0 saturated carbocycles. The Bertz CT molecular complexity index is 1220. The number of methoxy groups -OCH3 is 1. The van der Waals surface area contributed by atoms with Gasteiger partial charge in [-0.1, -0.05) is 12.1 Å². The number of ether oxygens (including phenoxy) is 6. The second-order valence-corrected chi connectivity index (χ2v) is 7.44. The minimum atomic E-state index is -2.34. The summed E-state index contributed by atoms with van der Waals surface area (Å²) in [5.41, 5.74) is -0.0237. The lowest BCUT2D eigenvalue weighted by Gasteiger charge is -2.41. The Labute approximate surface area is 199 Å². The minimum absolute atomic E-state index is 0.0647. The largest absolute Gasteiger partial charge is 0.477 e. The predicted octanol–water partition coefficient (Wildman–Crippen LogP) is 2.68. The first kappa shape index (κ1) is 25.4. The zero-order chi connectivity index (χ0) is 25.9. The van der Waals surface area contributed by atoms with Gasteiger partial charge in [-0.15, -0.1) is 0 Å². The van der Waals surface area contributed by atoms with Crippen molar-refractivity contribution in [2.24, 2.45) is 0 Å². The van der Waals surface area contributed by atoms with Crippen LogP contribution in [0.25, 0.3) is 0 Å². The van der Waals surface area contributed by atoms with Crippen molar-refractivity contribution in [2.45, 2.75) is 39.6 Å². The van der Waals surface area contributed by atoms with E-state index in [0.717, 1.165) is 33.9 Å². The fraction of sp³-hybridized carbons (Fsp3) is 0.292. The molecule has 1 aliphatic heterocycles. The third-order valence-electron chi connectivity index (χ3n) is 4.71. The van der Waals surface area contributed by atoms with Crippen LogP contribution in [0, 0.1) is 0 Å². The summed E-state index contributed by atoms with van der Waals surface area (Å²) in [6.07, 6.45) is -1.40. The highest BCUT2D eigenvalue weighted by Gasteiger charge is 2.58. The van der Waals surface area contributed by atoms with E-state index >= 15 is 0 Å². The first-order chi connectivity index (χ1) is 16.5. The smallest absolute Gasteiger partial charge is 0.319 e. The molecule has 2 aromatic carbocycles. The highest BCUT2D eigenvalue weighted by Crippen LogP contribution is 2.49. The Morgan fingerprint density at radius 1 is 0.829 bits per heavy atom. The number of rotatable bonds is 6. The van der Waals surface area contributed by atoms with Crippen LogP contribution in [0.5, 0.6) is 23.0 Å². The molecule has 2 aromatic rings. The van der Waals surface area contributed by atoms with Gasteiger partial charge in [0.05, 0.1) is 0 Å². The van der Waals surface area contributed by atoms with E-state index in [-0.39, 0.29) is 34.1 Å². The number of carbonyl (C=O) groups excluding carboxylic acids is 5. The van der Waals surface area contributed by atoms with Crippen LogP contribution in [0.2, 0.25) is 0 Å². The van der Waals surface area contributed by atoms with Gasteiger partial charge in [0.1, 0.15) is 28.6 Å². The molecule has 0 aliphatic carbocycles. The maximum absolute atomic E-state index is 13.8. The molecule has 3 rings (SSSR count). The number of carbonyl (C=O) groups is 5. The van der Waals surface area contributed by atoms with Gasteiger partial charge >= 0.3 is 29.7 Å². The van der Waals surface area contributed by atoms with Crippen LogP contribution in [-0.4, -0.2) is 42.6 Å². The summed E-state index contributed by atoms with van der Waals surface area (Å²) in [7, 11) is 1.14. The van der Waals surface area contributed by atoms with Crippen LogP contribution in [0.3, 0.4) is 0 Å². The molecular formula is C24H22O11. The van der Waals surface area contributed by atoms with Gasteiger partial charge in [-0.25, -0.2) is 0 Å². The van der Waals surface area contributed by atoms with Gasteiger partial charge in [-0.05, 0) is 12.1 Å². The normalized spacial score (nSPS) is 18.5. The Kier molecular flexibility index (Phi) is 7.20. The highest BCUT2D eigenvalue weighted by molar-refractivity contribution is 6.09. The van der Waals surface area contributed by atoms with E-state index in [2.05, 4.69) is 0 Å². The Hall–Kier alpha value is -4.25. The molecular weight excluding hydrogens is 464 g/mol. The van der Waals surface area contributed by atoms with Gasteiger partial charge in [0, 0.05) is 52.5 Å². The summed E-state index contributed by atoms with van der Waals surface area (Å²) >= 11 is 0. The van der Waals surface area contributed by atoms with Crippen LogP contribution < -0.4 is 18.9 Å². The topological polar surface area (TPSA) is 141 Å². The zero-order valence-corrected chi connectivity index (χ0v) is 19.5. The predicted molar refractivity (Wildman–Crippen MR) is 116 cm³/mol. The second-order valence-electron chi connectivity index (χ2n) is 7.44. The van der Waals surface area contributed by atoms with Gasteiger partial charge in [0.25, 0.3) is 0 Å². The third kappa shape index (κ3) is 5.30. The van der Waals surface area contributed by atoms with Crippen molar-refractivity contribution < 1.29 is 52.4 Å². The SMILES string of the molecule is CO[C@@]1(OC(C)=O)C(=O)c2c(OC(C)=O)cc(OC(C)=O)cc2O[C@H]1c1cccc(OC(C)=O)c1. The summed E-state index contributed by atoms with van der Waals surface area (Å²) in [4.78, 5) is 60.5. The number of esters is 4.